The zero-order chi connectivity index (χ0) is 13.3. The maximum atomic E-state index is 12.1. The van der Waals surface area contributed by atoms with Crippen LogP contribution in [0.3, 0.4) is 0 Å². The third-order valence-corrected chi connectivity index (χ3v) is 2.54. The molecule has 1 N–H and O–H groups in total. The number of anilines is 1. The molecule has 0 aliphatic heterocycles. The molecule has 0 saturated heterocycles. The molecular formula is C10H10F3N3O2. The van der Waals surface area contributed by atoms with Gasteiger partial charge in [0.1, 0.15) is 6.54 Å². The second-order valence-corrected chi connectivity index (χ2v) is 4.10. The minimum absolute atomic E-state index is 0.220. The van der Waals surface area contributed by atoms with E-state index in [9.17, 15) is 23.3 Å². The summed E-state index contributed by atoms with van der Waals surface area (Å²) >= 11 is 0. The van der Waals surface area contributed by atoms with E-state index < -0.39 is 23.3 Å². The molecule has 8 heteroatoms. The molecule has 98 valence electrons. The Morgan fingerprint density at radius 2 is 2.11 bits per heavy atom. The van der Waals surface area contributed by atoms with Crippen LogP contribution in [0, 0.1) is 10.1 Å². The minimum Gasteiger partial charge on any atom is -0.355 e. The molecule has 18 heavy (non-hydrogen) atoms. The van der Waals surface area contributed by atoms with Gasteiger partial charge in [0, 0.05) is 17.7 Å². The molecule has 1 aromatic heterocycles. The van der Waals surface area contributed by atoms with Crippen LogP contribution in [-0.4, -0.2) is 22.6 Å². The number of alkyl halides is 3. The number of halogens is 3. The summed E-state index contributed by atoms with van der Waals surface area (Å²) in [5.74, 6) is -0.0982. The predicted molar refractivity (Wildman–Crippen MR) is 57.4 cm³/mol. The van der Waals surface area contributed by atoms with E-state index in [1.54, 1.807) is 0 Å². The number of nitrogens with zero attached hydrogens (tertiary/aromatic N) is 2. The van der Waals surface area contributed by atoms with Gasteiger partial charge in [-0.3, -0.25) is 10.1 Å². The molecule has 1 heterocycles. The van der Waals surface area contributed by atoms with Gasteiger partial charge in [-0.25, -0.2) is 4.98 Å². The van der Waals surface area contributed by atoms with E-state index in [2.05, 4.69) is 4.98 Å². The Labute approximate surface area is 100 Å². The summed E-state index contributed by atoms with van der Waals surface area (Å²) in [6.45, 7) is -1.34. The molecule has 5 nitrogen and oxygen atoms in total. The molecule has 0 atom stereocenters. The maximum absolute atomic E-state index is 12.1. The molecule has 0 amide bonds. The fourth-order valence-corrected chi connectivity index (χ4v) is 1.53. The van der Waals surface area contributed by atoms with E-state index in [1.807, 2.05) is 5.32 Å². The zero-order valence-electron chi connectivity index (χ0n) is 9.20. The average Bonchev–Trinajstić information content (AvgIpc) is 3.08. The Kier molecular flexibility index (Phi) is 3.10. The highest BCUT2D eigenvalue weighted by Gasteiger charge is 2.30. The van der Waals surface area contributed by atoms with Crippen molar-refractivity contribution in [3.63, 3.8) is 0 Å². The summed E-state index contributed by atoms with van der Waals surface area (Å²) in [4.78, 5) is 13.8. The Morgan fingerprint density at radius 3 is 2.61 bits per heavy atom. The lowest BCUT2D eigenvalue weighted by molar-refractivity contribution is -0.384. The summed E-state index contributed by atoms with van der Waals surface area (Å²) < 4.78 is 36.3. The van der Waals surface area contributed by atoms with Gasteiger partial charge in [0.05, 0.1) is 4.92 Å². The Morgan fingerprint density at radius 1 is 1.44 bits per heavy atom. The quantitative estimate of drug-likeness (QED) is 0.668. The van der Waals surface area contributed by atoms with Crippen molar-refractivity contribution in [3.05, 3.63) is 27.9 Å². The molecule has 1 aliphatic carbocycles. The number of pyridine rings is 1. The van der Waals surface area contributed by atoms with Crippen molar-refractivity contribution in [2.24, 2.45) is 0 Å². The van der Waals surface area contributed by atoms with Crippen molar-refractivity contribution in [1.82, 2.24) is 4.98 Å². The normalized spacial score (nSPS) is 15.5. The SMILES string of the molecule is O=[N+]([O-])c1ccc(C2CC2)nc1NCC(F)(F)F. The number of hydrogen-bond acceptors (Lipinski definition) is 4. The van der Waals surface area contributed by atoms with E-state index in [0.717, 1.165) is 12.8 Å². The monoisotopic (exact) mass is 261 g/mol. The van der Waals surface area contributed by atoms with Gasteiger partial charge in [-0.05, 0) is 18.9 Å². The van der Waals surface area contributed by atoms with Crippen LogP contribution in [0.2, 0.25) is 0 Å². The van der Waals surface area contributed by atoms with Gasteiger partial charge < -0.3 is 5.32 Å². The molecule has 0 spiro atoms. The Hall–Kier alpha value is -1.86. The van der Waals surface area contributed by atoms with Crippen LogP contribution in [0.25, 0.3) is 0 Å². The van der Waals surface area contributed by atoms with Crippen LogP contribution >= 0.6 is 0 Å². The summed E-state index contributed by atoms with van der Waals surface area (Å²) in [5.41, 5.74) is 0.161. The van der Waals surface area contributed by atoms with Crippen LogP contribution in [0.1, 0.15) is 24.5 Å². The molecule has 1 saturated carbocycles. The van der Waals surface area contributed by atoms with Crippen molar-refractivity contribution < 1.29 is 18.1 Å². The van der Waals surface area contributed by atoms with Crippen molar-refractivity contribution >= 4 is 11.5 Å². The van der Waals surface area contributed by atoms with Crippen LogP contribution < -0.4 is 5.32 Å². The van der Waals surface area contributed by atoms with E-state index in [-0.39, 0.29) is 11.7 Å². The summed E-state index contributed by atoms with van der Waals surface area (Å²) in [5, 5.41) is 12.7. The molecule has 0 unspecified atom stereocenters. The number of nitro groups is 1. The fraction of sp³-hybridized carbons (Fsp3) is 0.500. The van der Waals surface area contributed by atoms with Crippen molar-refractivity contribution in [2.75, 3.05) is 11.9 Å². The average molecular weight is 261 g/mol. The van der Waals surface area contributed by atoms with Gasteiger partial charge in [-0.1, -0.05) is 0 Å². The molecule has 1 fully saturated rings. The zero-order valence-corrected chi connectivity index (χ0v) is 9.20. The molecule has 1 aromatic rings. The van der Waals surface area contributed by atoms with Crippen molar-refractivity contribution in [1.29, 1.82) is 0 Å². The lowest BCUT2D eigenvalue weighted by Gasteiger charge is -2.10. The summed E-state index contributed by atoms with van der Waals surface area (Å²) in [7, 11) is 0. The molecule has 0 aromatic carbocycles. The molecular weight excluding hydrogens is 251 g/mol. The molecule has 2 rings (SSSR count). The predicted octanol–water partition coefficient (Wildman–Crippen LogP) is 2.84. The third kappa shape index (κ3) is 3.08. The Balaban J connectivity index is 2.22. The Bertz CT molecular complexity index is 472. The first-order valence-corrected chi connectivity index (χ1v) is 5.33. The highest BCUT2D eigenvalue weighted by molar-refractivity contribution is 5.56. The lowest BCUT2D eigenvalue weighted by Crippen LogP contribution is -2.22. The number of hydrogen-bond donors (Lipinski definition) is 1. The van der Waals surface area contributed by atoms with Crippen molar-refractivity contribution in [3.8, 4) is 0 Å². The number of aromatic nitrogens is 1. The standard InChI is InChI=1S/C10H10F3N3O2/c11-10(12,13)5-14-9-8(16(17)18)4-3-7(15-9)6-1-2-6/h3-4,6H,1-2,5H2,(H,14,15). The highest BCUT2D eigenvalue weighted by atomic mass is 19.4. The third-order valence-electron chi connectivity index (χ3n) is 2.54. The lowest BCUT2D eigenvalue weighted by atomic mass is 10.2. The molecule has 1 aliphatic rings. The smallest absolute Gasteiger partial charge is 0.355 e. The largest absolute Gasteiger partial charge is 0.405 e. The molecule has 0 radical (unpaired) electrons. The number of nitrogens with one attached hydrogen (secondary N) is 1. The topological polar surface area (TPSA) is 68.1 Å². The highest BCUT2D eigenvalue weighted by Crippen LogP contribution is 2.40. The van der Waals surface area contributed by atoms with Gasteiger partial charge in [-0.2, -0.15) is 13.2 Å². The van der Waals surface area contributed by atoms with Gasteiger partial charge in [0.2, 0.25) is 5.82 Å². The minimum atomic E-state index is -4.44. The van der Waals surface area contributed by atoms with E-state index in [0.29, 0.717) is 5.69 Å². The van der Waals surface area contributed by atoms with Crippen LogP contribution in [0.4, 0.5) is 24.7 Å². The molecule has 0 bridgehead atoms. The van der Waals surface area contributed by atoms with E-state index in [4.69, 9.17) is 0 Å². The summed E-state index contributed by atoms with van der Waals surface area (Å²) in [6, 6.07) is 2.69. The first-order chi connectivity index (χ1) is 8.37. The van der Waals surface area contributed by atoms with Gasteiger partial charge >= 0.3 is 11.9 Å². The maximum Gasteiger partial charge on any atom is 0.405 e. The van der Waals surface area contributed by atoms with Gasteiger partial charge in [0.15, 0.2) is 0 Å². The first kappa shape index (κ1) is 12.6. The van der Waals surface area contributed by atoms with Crippen LogP contribution in [0.15, 0.2) is 12.1 Å². The van der Waals surface area contributed by atoms with E-state index >= 15 is 0 Å². The second-order valence-electron chi connectivity index (χ2n) is 4.10. The van der Waals surface area contributed by atoms with Gasteiger partial charge in [-0.15, -0.1) is 0 Å². The first-order valence-electron chi connectivity index (χ1n) is 5.33. The number of rotatable bonds is 4. The van der Waals surface area contributed by atoms with E-state index in [1.165, 1.54) is 12.1 Å². The van der Waals surface area contributed by atoms with Crippen LogP contribution in [-0.2, 0) is 0 Å². The fourth-order valence-electron chi connectivity index (χ4n) is 1.53. The summed E-state index contributed by atoms with van der Waals surface area (Å²) in [6.07, 6.45) is -2.60. The van der Waals surface area contributed by atoms with Crippen LogP contribution in [0.5, 0.6) is 0 Å². The second kappa shape index (κ2) is 4.43. The van der Waals surface area contributed by atoms with Crippen molar-refractivity contribution in [2.45, 2.75) is 24.9 Å². The van der Waals surface area contributed by atoms with Gasteiger partial charge in [0.25, 0.3) is 0 Å².